The van der Waals surface area contributed by atoms with Crippen LogP contribution in [0.15, 0.2) is 131 Å². The van der Waals surface area contributed by atoms with E-state index in [9.17, 15) is 29.4 Å². The molecule has 14 heteroatoms. The van der Waals surface area contributed by atoms with Crippen LogP contribution in [-0.2, 0) is 28.1 Å². The fourth-order valence-electron chi connectivity index (χ4n) is 12.3. The van der Waals surface area contributed by atoms with Gasteiger partial charge in [-0.3, -0.25) is 29.2 Å². The minimum absolute atomic E-state index is 0.148. The molecule has 6 aromatic rings. The first-order valence-corrected chi connectivity index (χ1v) is 29.2. The third kappa shape index (κ3) is 14.8. The van der Waals surface area contributed by atoms with E-state index in [0.29, 0.717) is 46.8 Å². The number of phenols is 2. The summed E-state index contributed by atoms with van der Waals surface area (Å²) in [7, 11) is 0. The summed E-state index contributed by atoms with van der Waals surface area (Å²) in [6.07, 6.45) is 15.4. The summed E-state index contributed by atoms with van der Waals surface area (Å²) in [5.41, 5.74) is 10.3. The molecule has 6 aromatic carbocycles. The van der Waals surface area contributed by atoms with Crippen molar-refractivity contribution in [2.45, 2.75) is 154 Å². The Kier molecular flexibility index (Phi) is 19.6. The molecule has 3 aliphatic carbocycles. The minimum Gasteiger partial charge on any atom is -0.507 e. The van der Waals surface area contributed by atoms with Crippen molar-refractivity contribution in [3.8, 4) is 23.0 Å². The molecule has 4 atom stereocenters. The summed E-state index contributed by atoms with van der Waals surface area (Å²) in [5.74, 6) is 0.884. The number of nitrogens with one attached hydrogen (secondary N) is 4. The van der Waals surface area contributed by atoms with Gasteiger partial charge in [0.2, 0.25) is 0 Å². The molecule has 0 heterocycles. The highest BCUT2D eigenvalue weighted by Crippen LogP contribution is 2.48. The van der Waals surface area contributed by atoms with E-state index >= 15 is 0 Å². The van der Waals surface area contributed by atoms with Gasteiger partial charge in [0.25, 0.3) is 23.6 Å². The van der Waals surface area contributed by atoms with Crippen molar-refractivity contribution in [3.05, 3.63) is 188 Å². The maximum Gasteiger partial charge on any atom is 0.258 e. The maximum atomic E-state index is 13.6. The first kappa shape index (κ1) is 58.4. The molecular formula is C68H78N6O8. The van der Waals surface area contributed by atoms with Gasteiger partial charge in [-0.1, -0.05) is 118 Å². The quantitative estimate of drug-likeness (QED) is 0.0406. The highest BCUT2D eigenvalue weighted by atomic mass is 16.5. The van der Waals surface area contributed by atoms with E-state index < -0.39 is 0 Å². The topological polar surface area (TPSA) is 200 Å². The predicted molar refractivity (Wildman–Crippen MR) is 322 cm³/mol. The molecule has 3 saturated carbocycles. The van der Waals surface area contributed by atoms with Crippen LogP contribution in [0.2, 0.25) is 0 Å². The average Bonchev–Trinajstić information content (AvgIpc) is 3.67. The number of carbonyl (C=O) groups is 4. The van der Waals surface area contributed by atoms with E-state index in [0.717, 1.165) is 110 Å². The van der Waals surface area contributed by atoms with Gasteiger partial charge in [0.1, 0.15) is 23.0 Å². The second-order valence-corrected chi connectivity index (χ2v) is 22.6. The Bertz CT molecular complexity index is 3020. The van der Waals surface area contributed by atoms with Crippen molar-refractivity contribution in [2.24, 2.45) is 9.98 Å². The van der Waals surface area contributed by atoms with Gasteiger partial charge in [0.15, 0.2) is 13.2 Å². The van der Waals surface area contributed by atoms with E-state index in [1.54, 1.807) is 73.1 Å². The number of para-hydroxylation sites is 2. The standard InChI is InChI=1S/C68H78N6O8/c1-44-34-54(35-45(2)64(44)81-42-62(77)71-56-18-8-10-20-58(56)73-66(79)50-28-24-48(25-29-50)38-69-40-52-16-6-12-22-60(52)75)68(32-14-5-15-33-68)55-36-46(3)65(47(4)37-55)82-43-63(78)72-57-19-9-11-21-59(57)74-67(80)51-30-26-49(27-31-51)39-70-41-53-17-7-13-23-61(53)76/h6-7,12-13,16-17,22-31,34-37,40-41,56-59,75-76H,5,8-11,14-15,18-21,32-33,38-39,42-43H2,1-4H3,(H,71,77)(H,72,78)(H,73,79)(H,74,80)/t56-,57-,58-,59-/m1/s1. The van der Waals surface area contributed by atoms with Crippen molar-refractivity contribution in [1.29, 1.82) is 0 Å². The number of aromatic hydroxyl groups is 2. The van der Waals surface area contributed by atoms with Gasteiger partial charge in [0.05, 0.1) is 13.1 Å². The van der Waals surface area contributed by atoms with E-state index in [1.165, 1.54) is 17.5 Å². The number of hydrogen-bond acceptors (Lipinski definition) is 10. The molecule has 0 bridgehead atoms. The molecule has 82 heavy (non-hydrogen) atoms. The monoisotopic (exact) mass is 1110 g/mol. The smallest absolute Gasteiger partial charge is 0.258 e. The summed E-state index contributed by atoms with van der Waals surface area (Å²) in [4.78, 5) is 63.0. The third-order valence-corrected chi connectivity index (χ3v) is 16.6. The van der Waals surface area contributed by atoms with Crippen LogP contribution in [0.4, 0.5) is 0 Å². The van der Waals surface area contributed by atoms with Crippen LogP contribution in [0, 0.1) is 27.7 Å². The largest absolute Gasteiger partial charge is 0.507 e. The highest BCUT2D eigenvalue weighted by Gasteiger charge is 2.38. The van der Waals surface area contributed by atoms with Crippen molar-refractivity contribution in [1.82, 2.24) is 21.3 Å². The molecule has 3 aliphatic rings. The normalized spacial score (nSPS) is 18.8. The van der Waals surface area contributed by atoms with Crippen LogP contribution in [0.3, 0.4) is 0 Å². The molecule has 0 aromatic heterocycles. The number of aliphatic imine (C=N–C) groups is 2. The number of amides is 4. The number of ether oxygens (including phenoxy) is 2. The van der Waals surface area contributed by atoms with Gasteiger partial charge < -0.3 is 41.0 Å². The van der Waals surface area contributed by atoms with Gasteiger partial charge in [-0.15, -0.1) is 0 Å². The zero-order valence-electron chi connectivity index (χ0n) is 47.8. The molecule has 6 N–H and O–H groups in total. The van der Waals surface area contributed by atoms with E-state index in [-0.39, 0.29) is 77.9 Å². The number of nitrogens with zero attached hydrogens (tertiary/aromatic N) is 2. The fourth-order valence-corrected chi connectivity index (χ4v) is 12.3. The van der Waals surface area contributed by atoms with Crippen LogP contribution in [-0.4, -0.2) is 83.7 Å². The predicted octanol–water partition coefficient (Wildman–Crippen LogP) is 11.3. The van der Waals surface area contributed by atoms with Crippen molar-refractivity contribution in [2.75, 3.05) is 13.2 Å². The number of phenolic OH excluding ortho intramolecular Hbond substituents is 2. The van der Waals surface area contributed by atoms with Crippen LogP contribution in [0.25, 0.3) is 0 Å². The van der Waals surface area contributed by atoms with Crippen LogP contribution >= 0.6 is 0 Å². The molecule has 0 aliphatic heterocycles. The maximum absolute atomic E-state index is 13.6. The fraction of sp³-hybridized carbons (Fsp3) is 0.382. The lowest BCUT2D eigenvalue weighted by Gasteiger charge is -2.40. The Morgan fingerprint density at radius 2 is 0.841 bits per heavy atom. The van der Waals surface area contributed by atoms with Crippen molar-refractivity contribution in [3.63, 3.8) is 0 Å². The lowest BCUT2D eigenvalue weighted by molar-refractivity contribution is -0.125. The second-order valence-electron chi connectivity index (χ2n) is 22.6. The van der Waals surface area contributed by atoms with E-state index in [1.807, 2.05) is 64.1 Å². The summed E-state index contributed by atoms with van der Waals surface area (Å²) in [6.45, 7) is 8.70. The third-order valence-electron chi connectivity index (χ3n) is 16.6. The Hall–Kier alpha value is -8.26. The number of rotatable bonds is 20. The number of carbonyl (C=O) groups excluding carboxylic acids is 4. The van der Waals surface area contributed by atoms with Crippen LogP contribution in [0.1, 0.15) is 160 Å². The Labute approximate surface area is 482 Å². The highest BCUT2D eigenvalue weighted by molar-refractivity contribution is 5.95. The lowest BCUT2D eigenvalue weighted by atomic mass is 9.64. The second kappa shape index (κ2) is 27.5. The van der Waals surface area contributed by atoms with Gasteiger partial charge in [0, 0.05) is 64.3 Å². The number of aryl methyl sites for hydroxylation is 4. The van der Waals surface area contributed by atoms with E-state index in [4.69, 9.17) is 9.47 Å². The Morgan fingerprint density at radius 1 is 0.488 bits per heavy atom. The SMILES string of the molecule is Cc1cc(C2(c3cc(C)c(OCC(=O)N[C@@H]4CCCC[C@H]4NC(=O)c4ccc(CN=Cc5ccccc5O)cc4)c(C)c3)CCCCC2)cc(C)c1OCC(=O)N[C@@H]1CCCC[C@H]1NC(=O)c1ccc(CN=Cc2ccccc2O)cc1. The van der Waals surface area contributed by atoms with Crippen LogP contribution < -0.4 is 30.7 Å². The zero-order valence-corrected chi connectivity index (χ0v) is 47.8. The lowest BCUT2D eigenvalue weighted by Crippen LogP contribution is -2.54. The molecule has 0 unspecified atom stereocenters. The molecule has 3 fully saturated rings. The molecule has 428 valence electrons. The number of hydrogen-bond donors (Lipinski definition) is 6. The molecule has 0 spiro atoms. The summed E-state index contributed by atoms with van der Waals surface area (Å²) >= 11 is 0. The Balaban J connectivity index is 0.773. The zero-order chi connectivity index (χ0) is 57.6. The first-order valence-electron chi connectivity index (χ1n) is 29.2. The molecule has 0 radical (unpaired) electrons. The van der Waals surface area contributed by atoms with Gasteiger partial charge in [-0.2, -0.15) is 0 Å². The van der Waals surface area contributed by atoms with E-state index in [2.05, 4.69) is 55.5 Å². The molecule has 4 amide bonds. The van der Waals surface area contributed by atoms with Gasteiger partial charge in [-0.05, 0) is 159 Å². The summed E-state index contributed by atoms with van der Waals surface area (Å²) in [5, 5.41) is 32.8. The molecule has 0 saturated heterocycles. The van der Waals surface area contributed by atoms with Crippen LogP contribution in [0.5, 0.6) is 23.0 Å². The van der Waals surface area contributed by atoms with Gasteiger partial charge >= 0.3 is 0 Å². The minimum atomic E-state index is -0.245. The summed E-state index contributed by atoms with van der Waals surface area (Å²) in [6, 6.07) is 36.7. The molecule has 9 rings (SSSR count). The number of benzene rings is 6. The first-order chi connectivity index (χ1) is 39.7. The van der Waals surface area contributed by atoms with Crippen molar-refractivity contribution >= 4 is 36.1 Å². The summed E-state index contributed by atoms with van der Waals surface area (Å²) < 4.78 is 12.6. The molecule has 14 nitrogen and oxygen atoms in total. The van der Waals surface area contributed by atoms with Gasteiger partial charge in [-0.25, -0.2) is 0 Å². The average molecular weight is 1110 g/mol. The van der Waals surface area contributed by atoms with Crippen molar-refractivity contribution < 1.29 is 38.9 Å². The Morgan fingerprint density at radius 3 is 1.21 bits per heavy atom. The molecular weight excluding hydrogens is 1030 g/mol.